The largest absolute Gasteiger partial charge is 0.504 e. The molecule has 2 aromatic rings. The van der Waals surface area contributed by atoms with E-state index < -0.39 is 0 Å². The maximum absolute atomic E-state index is 12.2. The molecule has 8 heteroatoms. The molecule has 3 rings (SSSR count). The van der Waals surface area contributed by atoms with Gasteiger partial charge in [0.2, 0.25) is 0 Å². The van der Waals surface area contributed by atoms with Gasteiger partial charge in [-0.05, 0) is 43.0 Å². The molecule has 1 aliphatic rings. The lowest BCUT2D eigenvalue weighted by atomic mass is 10.0. The molecule has 2 heterocycles. The monoisotopic (exact) mass is 387 g/mol. The van der Waals surface area contributed by atoms with Crippen molar-refractivity contribution in [1.29, 1.82) is 0 Å². The maximum atomic E-state index is 12.2. The number of carbonyl (C=O) groups excluding carboxylic acids is 1. The van der Waals surface area contributed by atoms with E-state index in [-0.39, 0.29) is 17.7 Å². The fourth-order valence-electron chi connectivity index (χ4n) is 3.42. The van der Waals surface area contributed by atoms with E-state index in [9.17, 15) is 9.90 Å². The standard InChI is InChI=1S/C20H29N5O3/c1-14(2)10-21-20(27)17-13-25(23-22-17)16-5-4-8-24(12-16)11-15-6-7-18(26)19(9-15)28-3/h6-7,9,13-14,16,26H,4-5,8,10-12H2,1-3H3,(H,21,27)/t16-/m0/s1. The van der Waals surface area contributed by atoms with Crippen molar-refractivity contribution in [3.63, 3.8) is 0 Å². The number of phenols is 1. The first-order valence-electron chi connectivity index (χ1n) is 9.74. The second-order valence-electron chi connectivity index (χ2n) is 7.73. The Labute approximate surface area is 165 Å². The SMILES string of the molecule is COc1cc(CN2CCC[C@H](n3cc(C(=O)NCC(C)C)nn3)C2)ccc1O. The molecule has 0 bridgehead atoms. The molecule has 1 saturated heterocycles. The third-order valence-electron chi connectivity index (χ3n) is 4.92. The van der Waals surface area contributed by atoms with Crippen molar-refractivity contribution in [1.82, 2.24) is 25.2 Å². The summed E-state index contributed by atoms with van der Waals surface area (Å²) in [6.45, 7) is 7.33. The molecule has 1 aromatic heterocycles. The van der Waals surface area contributed by atoms with E-state index in [0.29, 0.717) is 23.9 Å². The molecule has 28 heavy (non-hydrogen) atoms. The van der Waals surface area contributed by atoms with Gasteiger partial charge in [0, 0.05) is 19.6 Å². The Kier molecular flexibility index (Phi) is 6.51. The Morgan fingerprint density at radius 1 is 1.43 bits per heavy atom. The van der Waals surface area contributed by atoms with Crippen molar-refractivity contribution in [2.45, 2.75) is 39.3 Å². The third kappa shape index (κ3) is 5.01. The molecule has 0 radical (unpaired) electrons. The number of likely N-dealkylation sites (tertiary alicyclic amines) is 1. The highest BCUT2D eigenvalue weighted by atomic mass is 16.5. The zero-order valence-corrected chi connectivity index (χ0v) is 16.8. The van der Waals surface area contributed by atoms with E-state index >= 15 is 0 Å². The molecule has 0 aliphatic carbocycles. The van der Waals surface area contributed by atoms with Crippen LogP contribution in [0.25, 0.3) is 0 Å². The van der Waals surface area contributed by atoms with Gasteiger partial charge in [0.1, 0.15) is 0 Å². The smallest absolute Gasteiger partial charge is 0.273 e. The summed E-state index contributed by atoms with van der Waals surface area (Å²) in [6.07, 6.45) is 3.80. The fourth-order valence-corrected chi connectivity index (χ4v) is 3.42. The molecule has 1 fully saturated rings. The molecule has 1 atom stereocenters. The Hall–Kier alpha value is -2.61. The number of nitrogens with zero attached hydrogens (tertiary/aromatic N) is 4. The summed E-state index contributed by atoms with van der Waals surface area (Å²) < 4.78 is 7.01. The number of hydrogen-bond acceptors (Lipinski definition) is 6. The number of ether oxygens (including phenoxy) is 1. The van der Waals surface area contributed by atoms with Crippen LogP contribution in [0, 0.1) is 5.92 Å². The summed E-state index contributed by atoms with van der Waals surface area (Å²) >= 11 is 0. The van der Waals surface area contributed by atoms with Gasteiger partial charge in [-0.2, -0.15) is 0 Å². The van der Waals surface area contributed by atoms with Crippen LogP contribution in [0.15, 0.2) is 24.4 Å². The number of aromatic hydroxyl groups is 1. The zero-order valence-electron chi connectivity index (χ0n) is 16.8. The second kappa shape index (κ2) is 9.05. The van der Waals surface area contributed by atoms with E-state index in [1.165, 1.54) is 0 Å². The van der Waals surface area contributed by atoms with Crippen LogP contribution in [-0.4, -0.2) is 57.7 Å². The average molecular weight is 387 g/mol. The van der Waals surface area contributed by atoms with E-state index in [0.717, 1.165) is 38.0 Å². The van der Waals surface area contributed by atoms with Gasteiger partial charge in [0.15, 0.2) is 17.2 Å². The van der Waals surface area contributed by atoms with Crippen molar-refractivity contribution in [3.05, 3.63) is 35.7 Å². The molecule has 0 saturated carbocycles. The number of hydrogen-bond donors (Lipinski definition) is 2. The number of rotatable bonds is 7. The highest BCUT2D eigenvalue weighted by Gasteiger charge is 2.23. The first-order valence-corrected chi connectivity index (χ1v) is 9.74. The molecule has 1 amide bonds. The Morgan fingerprint density at radius 2 is 2.25 bits per heavy atom. The predicted molar refractivity (Wildman–Crippen MR) is 105 cm³/mol. The topological polar surface area (TPSA) is 92.5 Å². The van der Waals surface area contributed by atoms with Crippen LogP contribution in [0.1, 0.15) is 48.8 Å². The zero-order chi connectivity index (χ0) is 20.1. The summed E-state index contributed by atoms with van der Waals surface area (Å²) in [5, 5.41) is 20.9. The minimum Gasteiger partial charge on any atom is -0.504 e. The molecular formula is C20H29N5O3. The number of phenolic OH excluding ortho intramolecular Hbond substituents is 1. The first kappa shape index (κ1) is 20.1. The Bertz CT molecular complexity index is 805. The lowest BCUT2D eigenvalue weighted by molar-refractivity contribution is 0.0944. The minimum atomic E-state index is -0.177. The van der Waals surface area contributed by atoms with Gasteiger partial charge < -0.3 is 15.2 Å². The van der Waals surface area contributed by atoms with Crippen molar-refractivity contribution >= 4 is 5.91 Å². The number of piperidine rings is 1. The third-order valence-corrected chi connectivity index (χ3v) is 4.92. The lowest BCUT2D eigenvalue weighted by Crippen LogP contribution is -2.36. The van der Waals surface area contributed by atoms with Crippen LogP contribution in [-0.2, 0) is 6.54 Å². The van der Waals surface area contributed by atoms with Gasteiger partial charge in [-0.15, -0.1) is 5.10 Å². The van der Waals surface area contributed by atoms with E-state index in [1.807, 2.05) is 16.8 Å². The number of nitrogens with one attached hydrogen (secondary N) is 1. The van der Waals surface area contributed by atoms with Crippen LogP contribution < -0.4 is 10.1 Å². The molecular weight excluding hydrogens is 358 g/mol. The molecule has 152 valence electrons. The van der Waals surface area contributed by atoms with E-state index in [2.05, 4.69) is 34.4 Å². The van der Waals surface area contributed by atoms with Crippen LogP contribution in [0.5, 0.6) is 11.5 Å². The lowest BCUT2D eigenvalue weighted by Gasteiger charge is -2.32. The van der Waals surface area contributed by atoms with Gasteiger partial charge in [-0.25, -0.2) is 4.68 Å². The number of aromatic nitrogens is 3. The molecule has 2 N–H and O–H groups in total. The van der Waals surface area contributed by atoms with Gasteiger partial charge in [0.25, 0.3) is 5.91 Å². The minimum absolute atomic E-state index is 0.147. The molecule has 0 spiro atoms. The summed E-state index contributed by atoms with van der Waals surface area (Å²) in [6, 6.07) is 5.63. The summed E-state index contributed by atoms with van der Waals surface area (Å²) in [5.74, 6) is 0.848. The van der Waals surface area contributed by atoms with Gasteiger partial charge >= 0.3 is 0 Å². The Balaban J connectivity index is 1.61. The second-order valence-corrected chi connectivity index (χ2v) is 7.73. The maximum Gasteiger partial charge on any atom is 0.273 e. The highest BCUT2D eigenvalue weighted by Crippen LogP contribution is 2.28. The van der Waals surface area contributed by atoms with E-state index in [1.54, 1.807) is 19.4 Å². The number of methoxy groups -OCH3 is 1. The van der Waals surface area contributed by atoms with Gasteiger partial charge in [0.05, 0.1) is 19.3 Å². The van der Waals surface area contributed by atoms with Crippen molar-refractivity contribution in [2.75, 3.05) is 26.7 Å². The molecule has 1 aliphatic heterocycles. The first-order chi connectivity index (χ1) is 13.5. The summed E-state index contributed by atoms with van der Waals surface area (Å²) in [4.78, 5) is 14.5. The van der Waals surface area contributed by atoms with E-state index in [4.69, 9.17) is 4.74 Å². The highest BCUT2D eigenvalue weighted by molar-refractivity contribution is 5.91. The quantitative estimate of drug-likeness (QED) is 0.757. The van der Waals surface area contributed by atoms with Gasteiger partial charge in [-0.3, -0.25) is 9.69 Å². The summed E-state index contributed by atoms with van der Waals surface area (Å²) in [7, 11) is 1.55. The van der Waals surface area contributed by atoms with Crippen LogP contribution in [0.3, 0.4) is 0 Å². The fraction of sp³-hybridized carbons (Fsp3) is 0.550. The molecule has 8 nitrogen and oxygen atoms in total. The molecule has 0 unspecified atom stereocenters. The summed E-state index contributed by atoms with van der Waals surface area (Å²) in [5.41, 5.74) is 1.45. The van der Waals surface area contributed by atoms with Crippen molar-refractivity contribution in [2.24, 2.45) is 5.92 Å². The number of amides is 1. The number of benzene rings is 1. The Morgan fingerprint density at radius 3 is 3.00 bits per heavy atom. The normalized spacial score (nSPS) is 17.6. The molecule has 1 aromatic carbocycles. The van der Waals surface area contributed by atoms with Crippen LogP contribution >= 0.6 is 0 Å². The van der Waals surface area contributed by atoms with Crippen molar-refractivity contribution < 1.29 is 14.6 Å². The number of carbonyl (C=O) groups is 1. The van der Waals surface area contributed by atoms with Crippen molar-refractivity contribution in [3.8, 4) is 11.5 Å². The van der Waals surface area contributed by atoms with Crippen LogP contribution in [0.4, 0.5) is 0 Å². The van der Waals surface area contributed by atoms with Crippen LogP contribution in [0.2, 0.25) is 0 Å². The predicted octanol–water partition coefficient (Wildman–Crippen LogP) is 2.22. The van der Waals surface area contributed by atoms with Gasteiger partial charge in [-0.1, -0.05) is 25.1 Å². The average Bonchev–Trinajstić information content (AvgIpc) is 3.18.